The van der Waals surface area contributed by atoms with Gasteiger partial charge in [-0.25, -0.2) is 0 Å². The van der Waals surface area contributed by atoms with E-state index >= 15 is 0 Å². The van der Waals surface area contributed by atoms with Crippen LogP contribution in [0.1, 0.15) is 6.92 Å². The van der Waals surface area contributed by atoms with Crippen LogP contribution in [0.4, 0.5) is 0 Å². The summed E-state index contributed by atoms with van der Waals surface area (Å²) in [5, 5.41) is 8.65. The van der Waals surface area contributed by atoms with Gasteiger partial charge in [0.15, 0.2) is 0 Å². The highest BCUT2D eigenvalue weighted by Gasteiger charge is 2.33. The monoisotopic (exact) mass is 211 g/mol. The molecule has 0 spiro atoms. The van der Waals surface area contributed by atoms with Crippen LogP contribution in [0.15, 0.2) is 0 Å². The third kappa shape index (κ3) is 2.91. The molecule has 0 aromatic heterocycles. The van der Waals surface area contributed by atoms with Gasteiger partial charge < -0.3 is 15.4 Å². The predicted molar refractivity (Wildman–Crippen MR) is 54.7 cm³/mol. The van der Waals surface area contributed by atoms with Crippen LogP contribution in [-0.4, -0.2) is 43.7 Å². The van der Waals surface area contributed by atoms with Gasteiger partial charge in [-0.15, -0.1) is 0 Å². The maximum atomic E-state index is 11.9. The molecule has 0 aliphatic carbocycles. The molecule has 0 bridgehead atoms. The summed E-state index contributed by atoms with van der Waals surface area (Å²) in [6, 6.07) is 1.89. The van der Waals surface area contributed by atoms with Crippen LogP contribution in [0.3, 0.4) is 0 Å². The lowest BCUT2D eigenvalue weighted by Crippen LogP contribution is -2.43. The number of rotatable bonds is 3. The first-order chi connectivity index (χ1) is 7.06. The maximum absolute atomic E-state index is 11.9. The van der Waals surface area contributed by atoms with E-state index in [2.05, 4.69) is 6.07 Å². The number of hydrogen-bond donors (Lipinski definition) is 1. The number of carbonyl (C=O) groups excluding carboxylic acids is 1. The Morgan fingerprint density at radius 2 is 2.40 bits per heavy atom. The molecule has 1 saturated heterocycles. The molecule has 15 heavy (non-hydrogen) atoms. The molecule has 5 nitrogen and oxygen atoms in total. The predicted octanol–water partition coefficient (Wildman–Crippen LogP) is -0.422. The minimum atomic E-state index is -0.249. The van der Waals surface area contributed by atoms with E-state index in [0.717, 1.165) is 0 Å². The quantitative estimate of drug-likeness (QED) is 0.687. The summed E-state index contributed by atoms with van der Waals surface area (Å²) in [7, 11) is 1.70. The fourth-order valence-corrected chi connectivity index (χ4v) is 1.65. The Labute approximate surface area is 89.8 Å². The number of amides is 1. The number of nitrogens with zero attached hydrogens (tertiary/aromatic N) is 2. The third-order valence-corrected chi connectivity index (χ3v) is 2.59. The van der Waals surface area contributed by atoms with Gasteiger partial charge in [0.05, 0.1) is 31.1 Å². The van der Waals surface area contributed by atoms with Crippen LogP contribution < -0.4 is 5.73 Å². The molecule has 1 fully saturated rings. The Balaban J connectivity index is 2.49. The molecule has 0 radical (unpaired) electrons. The van der Waals surface area contributed by atoms with Crippen molar-refractivity contribution < 1.29 is 9.53 Å². The smallest absolute Gasteiger partial charge is 0.229 e. The van der Waals surface area contributed by atoms with Crippen molar-refractivity contribution in [1.82, 2.24) is 4.90 Å². The lowest BCUT2D eigenvalue weighted by Gasteiger charge is -2.23. The first-order valence-electron chi connectivity index (χ1n) is 5.04. The van der Waals surface area contributed by atoms with E-state index < -0.39 is 0 Å². The van der Waals surface area contributed by atoms with Crippen molar-refractivity contribution in [3.63, 3.8) is 0 Å². The van der Waals surface area contributed by atoms with E-state index in [-0.39, 0.29) is 23.8 Å². The maximum Gasteiger partial charge on any atom is 0.229 e. The van der Waals surface area contributed by atoms with Crippen molar-refractivity contribution in [2.24, 2.45) is 17.6 Å². The molecular weight excluding hydrogens is 194 g/mol. The fraction of sp³-hybridized carbons (Fsp3) is 0.800. The number of nitrogens with two attached hydrogens (primary N) is 1. The van der Waals surface area contributed by atoms with Crippen molar-refractivity contribution in [2.45, 2.75) is 13.0 Å². The summed E-state index contributed by atoms with van der Waals surface area (Å²) < 4.78 is 5.13. The van der Waals surface area contributed by atoms with Crippen molar-refractivity contribution >= 4 is 5.91 Å². The molecule has 1 aliphatic heterocycles. The van der Waals surface area contributed by atoms with Crippen LogP contribution in [-0.2, 0) is 9.53 Å². The minimum Gasteiger partial charge on any atom is -0.379 e. The van der Waals surface area contributed by atoms with Crippen LogP contribution >= 0.6 is 0 Å². The average molecular weight is 211 g/mol. The van der Waals surface area contributed by atoms with Gasteiger partial charge in [-0.3, -0.25) is 4.79 Å². The zero-order valence-corrected chi connectivity index (χ0v) is 9.14. The molecule has 0 aromatic carbocycles. The molecule has 5 heteroatoms. The van der Waals surface area contributed by atoms with Crippen LogP contribution in [0.25, 0.3) is 0 Å². The van der Waals surface area contributed by atoms with Gasteiger partial charge >= 0.3 is 0 Å². The second-order valence-electron chi connectivity index (χ2n) is 4.06. The molecular formula is C10H17N3O2. The van der Waals surface area contributed by atoms with Crippen molar-refractivity contribution in [1.29, 1.82) is 5.26 Å². The highest BCUT2D eigenvalue weighted by Crippen LogP contribution is 2.14. The standard InChI is InChI=1S/C10H17N3O2/c1-7(3-11)4-13(2)10(14)8-5-15-6-9(8)12/h7-9H,4-6,12H2,1-2H3. The van der Waals surface area contributed by atoms with Gasteiger partial charge in [-0.05, 0) is 6.92 Å². The van der Waals surface area contributed by atoms with Gasteiger partial charge in [0, 0.05) is 19.6 Å². The van der Waals surface area contributed by atoms with Crippen LogP contribution in [0, 0.1) is 23.2 Å². The first kappa shape index (κ1) is 12.0. The van der Waals surface area contributed by atoms with Gasteiger partial charge in [0.25, 0.3) is 0 Å². The van der Waals surface area contributed by atoms with E-state index in [1.54, 1.807) is 18.9 Å². The molecule has 0 aromatic rings. The number of hydrogen-bond acceptors (Lipinski definition) is 4. The molecule has 1 aliphatic rings. The average Bonchev–Trinajstić information content (AvgIpc) is 2.63. The molecule has 1 amide bonds. The van der Waals surface area contributed by atoms with E-state index in [1.165, 1.54) is 0 Å². The van der Waals surface area contributed by atoms with Gasteiger partial charge in [-0.1, -0.05) is 0 Å². The van der Waals surface area contributed by atoms with Crippen molar-refractivity contribution in [3.05, 3.63) is 0 Å². The fourth-order valence-electron chi connectivity index (χ4n) is 1.65. The second-order valence-corrected chi connectivity index (χ2v) is 4.06. The molecule has 0 saturated carbocycles. The number of ether oxygens (including phenoxy) is 1. The lowest BCUT2D eigenvalue weighted by molar-refractivity contribution is -0.134. The molecule has 1 heterocycles. The molecule has 3 atom stereocenters. The van der Waals surface area contributed by atoms with Crippen molar-refractivity contribution in [2.75, 3.05) is 26.8 Å². The van der Waals surface area contributed by atoms with Crippen molar-refractivity contribution in [3.8, 4) is 6.07 Å². The SMILES string of the molecule is CC(C#N)CN(C)C(=O)C1COCC1N. The van der Waals surface area contributed by atoms with E-state index in [1.807, 2.05) is 0 Å². The highest BCUT2D eigenvalue weighted by molar-refractivity contribution is 5.79. The van der Waals surface area contributed by atoms with E-state index in [0.29, 0.717) is 19.8 Å². The van der Waals surface area contributed by atoms with E-state index in [9.17, 15) is 4.79 Å². The largest absolute Gasteiger partial charge is 0.379 e. The Morgan fingerprint density at radius 1 is 1.73 bits per heavy atom. The Bertz CT molecular complexity index is 274. The van der Waals surface area contributed by atoms with Crippen LogP contribution in [0.5, 0.6) is 0 Å². The van der Waals surface area contributed by atoms with Gasteiger partial charge in [0.2, 0.25) is 5.91 Å². The Kier molecular flexibility index (Phi) is 4.06. The zero-order chi connectivity index (χ0) is 11.4. The third-order valence-electron chi connectivity index (χ3n) is 2.59. The topological polar surface area (TPSA) is 79.3 Å². The highest BCUT2D eigenvalue weighted by atomic mass is 16.5. The summed E-state index contributed by atoms with van der Waals surface area (Å²) in [6.45, 7) is 3.07. The Morgan fingerprint density at radius 3 is 2.87 bits per heavy atom. The van der Waals surface area contributed by atoms with E-state index in [4.69, 9.17) is 15.7 Å². The Hall–Kier alpha value is -1.12. The minimum absolute atomic E-state index is 0.0258. The number of carbonyl (C=O) groups is 1. The zero-order valence-electron chi connectivity index (χ0n) is 9.14. The number of nitriles is 1. The van der Waals surface area contributed by atoms with Gasteiger partial charge in [-0.2, -0.15) is 5.26 Å². The summed E-state index contributed by atoms with van der Waals surface area (Å²) in [5.41, 5.74) is 5.74. The normalized spacial score (nSPS) is 27.1. The van der Waals surface area contributed by atoms with Gasteiger partial charge in [0.1, 0.15) is 0 Å². The lowest BCUT2D eigenvalue weighted by atomic mass is 10.0. The summed E-state index contributed by atoms with van der Waals surface area (Å²) in [5.74, 6) is -0.430. The summed E-state index contributed by atoms with van der Waals surface area (Å²) in [6.07, 6.45) is 0. The molecule has 1 rings (SSSR count). The summed E-state index contributed by atoms with van der Waals surface area (Å²) in [4.78, 5) is 13.4. The molecule has 84 valence electrons. The summed E-state index contributed by atoms with van der Waals surface area (Å²) >= 11 is 0. The second kappa shape index (κ2) is 5.10. The van der Waals surface area contributed by atoms with Crippen LogP contribution in [0.2, 0.25) is 0 Å². The molecule has 3 unspecified atom stereocenters. The molecule has 2 N–H and O–H groups in total. The first-order valence-corrected chi connectivity index (χ1v) is 5.04.